The SMILES string of the molecule is CC/C=C\C/C=C\C/C=C\C/C=C\C/C=C\C/C=C\CCCCC(=O)OC(COC(=O)CCCCCCCCCC/C=C\C/C=C\C/C=C\CCCCCCC)COP(=O)(O)OCC[N+](C)(C)C. The van der Waals surface area contributed by atoms with Crippen LogP contribution in [-0.2, 0) is 32.7 Å². The second-order valence-electron chi connectivity index (χ2n) is 18.5. The van der Waals surface area contributed by atoms with Crippen molar-refractivity contribution in [2.75, 3.05) is 47.5 Å². The lowest BCUT2D eigenvalue weighted by molar-refractivity contribution is -0.870. The quantitative estimate of drug-likeness (QED) is 0.0211. The largest absolute Gasteiger partial charge is 0.472 e. The summed E-state index contributed by atoms with van der Waals surface area (Å²) in [6.07, 6.45) is 67.2. The molecule has 0 heterocycles. The molecule has 9 nitrogen and oxygen atoms in total. The molecule has 2 atom stereocenters. The second kappa shape index (κ2) is 48.7. The molecule has 0 spiro atoms. The van der Waals surface area contributed by atoms with E-state index < -0.39 is 32.5 Å². The molecule has 0 aromatic heterocycles. The van der Waals surface area contributed by atoms with E-state index >= 15 is 0 Å². The Bertz CT molecular complexity index is 1520. The van der Waals surface area contributed by atoms with Crippen LogP contribution in [0.1, 0.15) is 194 Å². The van der Waals surface area contributed by atoms with Crippen LogP contribution in [0.15, 0.2) is 109 Å². The lowest BCUT2D eigenvalue weighted by Gasteiger charge is -2.24. The van der Waals surface area contributed by atoms with Crippen LogP contribution in [0.5, 0.6) is 0 Å². The molecule has 0 aliphatic heterocycles. The average molecular weight is 969 g/mol. The van der Waals surface area contributed by atoms with Crippen LogP contribution in [0.25, 0.3) is 0 Å². The molecule has 0 rings (SSSR count). The summed E-state index contributed by atoms with van der Waals surface area (Å²) < 4.78 is 34.4. The first kappa shape index (κ1) is 64.7. The van der Waals surface area contributed by atoms with E-state index in [2.05, 4.69) is 123 Å². The Hall–Kier alpha value is -3.33. The van der Waals surface area contributed by atoms with Gasteiger partial charge >= 0.3 is 19.8 Å². The monoisotopic (exact) mass is 969 g/mol. The van der Waals surface area contributed by atoms with Crippen molar-refractivity contribution in [1.82, 2.24) is 0 Å². The number of phosphoric ester groups is 1. The molecule has 0 radical (unpaired) electrons. The van der Waals surface area contributed by atoms with Gasteiger partial charge in [-0.3, -0.25) is 18.6 Å². The minimum atomic E-state index is -4.41. The Labute approximate surface area is 416 Å². The fourth-order valence-corrected chi connectivity index (χ4v) is 7.41. The zero-order valence-electron chi connectivity index (χ0n) is 43.8. The number of likely N-dealkylation sites (N-methyl/N-ethyl adjacent to an activating group) is 1. The van der Waals surface area contributed by atoms with E-state index in [0.717, 1.165) is 96.3 Å². The topological polar surface area (TPSA) is 108 Å². The molecule has 0 amide bonds. The van der Waals surface area contributed by atoms with Crippen molar-refractivity contribution in [3.63, 3.8) is 0 Å². The number of esters is 2. The second-order valence-corrected chi connectivity index (χ2v) is 20.0. The number of quaternary nitrogens is 1. The van der Waals surface area contributed by atoms with Crippen LogP contribution in [0.2, 0.25) is 0 Å². The highest BCUT2D eigenvalue weighted by atomic mass is 31.2. The highest BCUT2D eigenvalue weighted by Crippen LogP contribution is 2.43. The Morgan fingerprint density at radius 3 is 1.28 bits per heavy atom. The number of ether oxygens (including phenoxy) is 2. The van der Waals surface area contributed by atoms with Gasteiger partial charge in [0, 0.05) is 12.8 Å². The van der Waals surface area contributed by atoms with Crippen molar-refractivity contribution in [2.24, 2.45) is 0 Å². The third kappa shape index (κ3) is 52.0. The van der Waals surface area contributed by atoms with Gasteiger partial charge in [-0.05, 0) is 103 Å². The van der Waals surface area contributed by atoms with Gasteiger partial charge in [-0.1, -0.05) is 187 Å². The number of unbranched alkanes of at least 4 members (excludes halogenated alkanes) is 15. The summed E-state index contributed by atoms with van der Waals surface area (Å²) in [5.74, 6) is -0.865. The Kier molecular flexibility index (Phi) is 46.3. The molecule has 10 heteroatoms. The van der Waals surface area contributed by atoms with Crippen molar-refractivity contribution in [3.05, 3.63) is 109 Å². The first-order chi connectivity index (χ1) is 33.0. The molecular formula is C58H99NO8P+. The van der Waals surface area contributed by atoms with E-state index in [1.807, 2.05) is 21.1 Å². The van der Waals surface area contributed by atoms with Crippen molar-refractivity contribution in [3.8, 4) is 0 Å². The number of carbonyl (C=O) groups is 2. The highest BCUT2D eigenvalue weighted by molar-refractivity contribution is 7.47. The molecule has 0 fully saturated rings. The van der Waals surface area contributed by atoms with Crippen molar-refractivity contribution in [2.45, 2.75) is 200 Å². The third-order valence-corrected chi connectivity index (χ3v) is 11.8. The summed E-state index contributed by atoms with van der Waals surface area (Å²) in [5.41, 5.74) is 0. The zero-order valence-corrected chi connectivity index (χ0v) is 44.7. The van der Waals surface area contributed by atoms with Crippen LogP contribution in [-0.4, -0.2) is 74.9 Å². The van der Waals surface area contributed by atoms with E-state index in [4.69, 9.17) is 18.5 Å². The smallest absolute Gasteiger partial charge is 0.462 e. The molecule has 0 aromatic rings. The molecule has 68 heavy (non-hydrogen) atoms. The first-order valence-electron chi connectivity index (χ1n) is 26.6. The highest BCUT2D eigenvalue weighted by Gasteiger charge is 2.27. The van der Waals surface area contributed by atoms with E-state index in [1.54, 1.807) is 0 Å². The normalized spacial score (nSPS) is 14.3. The summed E-state index contributed by atoms with van der Waals surface area (Å²) in [4.78, 5) is 35.6. The minimum Gasteiger partial charge on any atom is -0.462 e. The number of phosphoric acid groups is 1. The van der Waals surface area contributed by atoms with Gasteiger partial charge in [-0.15, -0.1) is 0 Å². The Morgan fingerprint density at radius 2 is 0.838 bits per heavy atom. The van der Waals surface area contributed by atoms with Gasteiger partial charge in [-0.2, -0.15) is 0 Å². The molecule has 388 valence electrons. The van der Waals surface area contributed by atoms with E-state index in [-0.39, 0.29) is 26.1 Å². The van der Waals surface area contributed by atoms with Crippen LogP contribution in [0.4, 0.5) is 0 Å². The fourth-order valence-electron chi connectivity index (χ4n) is 6.67. The molecule has 0 aromatic carbocycles. The van der Waals surface area contributed by atoms with Gasteiger partial charge < -0.3 is 18.9 Å². The first-order valence-corrected chi connectivity index (χ1v) is 28.1. The predicted octanol–water partition coefficient (Wildman–Crippen LogP) is 16.2. The number of carbonyl (C=O) groups excluding carboxylic acids is 2. The Balaban J connectivity index is 4.36. The predicted molar refractivity (Wildman–Crippen MR) is 288 cm³/mol. The summed E-state index contributed by atoms with van der Waals surface area (Å²) in [6.45, 7) is 4.23. The molecular weight excluding hydrogens is 870 g/mol. The van der Waals surface area contributed by atoms with E-state index in [0.29, 0.717) is 17.4 Å². The maximum atomic E-state index is 12.8. The maximum Gasteiger partial charge on any atom is 0.472 e. The van der Waals surface area contributed by atoms with Gasteiger partial charge in [0.25, 0.3) is 0 Å². The lowest BCUT2D eigenvalue weighted by atomic mass is 10.1. The van der Waals surface area contributed by atoms with Crippen molar-refractivity contribution >= 4 is 19.8 Å². The van der Waals surface area contributed by atoms with E-state index in [1.165, 1.54) is 64.2 Å². The summed E-state index contributed by atoms with van der Waals surface area (Å²) in [7, 11) is 1.43. The van der Waals surface area contributed by atoms with Gasteiger partial charge in [0.15, 0.2) is 6.10 Å². The molecule has 2 unspecified atom stereocenters. The Morgan fingerprint density at radius 1 is 0.471 bits per heavy atom. The zero-order chi connectivity index (χ0) is 49.9. The maximum absolute atomic E-state index is 12.8. The van der Waals surface area contributed by atoms with Crippen LogP contribution in [0.3, 0.4) is 0 Å². The molecule has 0 bridgehead atoms. The van der Waals surface area contributed by atoms with Crippen LogP contribution >= 0.6 is 7.82 Å². The van der Waals surface area contributed by atoms with Crippen molar-refractivity contribution < 1.29 is 42.1 Å². The molecule has 0 saturated heterocycles. The van der Waals surface area contributed by atoms with E-state index in [9.17, 15) is 19.0 Å². The molecule has 1 N–H and O–H groups in total. The summed E-state index contributed by atoms with van der Waals surface area (Å²) in [5, 5.41) is 0. The molecule has 0 aliphatic rings. The molecule has 0 saturated carbocycles. The van der Waals surface area contributed by atoms with Gasteiger partial charge in [0.05, 0.1) is 27.7 Å². The van der Waals surface area contributed by atoms with Crippen molar-refractivity contribution in [1.29, 1.82) is 0 Å². The number of rotatable bonds is 47. The summed E-state index contributed by atoms with van der Waals surface area (Å²) in [6, 6.07) is 0. The molecule has 0 aliphatic carbocycles. The summed E-state index contributed by atoms with van der Waals surface area (Å²) >= 11 is 0. The van der Waals surface area contributed by atoms with Gasteiger partial charge in [0.2, 0.25) is 0 Å². The standard InChI is InChI=1S/C58H98NO8P/c1-6-8-10-12-14-16-18-20-22-24-26-28-29-31-32-34-36-38-40-42-44-46-48-50-57(60)64-54-56(55-66-68(62,63)65-53-52-59(3,4)5)67-58(61)51-49-47-45-43-41-39-37-35-33-30-27-25-23-21-19-17-15-13-11-9-7-2/h9,11,15,17-18,20-21,23-24,26-27,29-31,35,37,41,43,56H,6-8,10,12-14,16,19,22,25,28,32-34,36,38-40,42,44-55H2,1-5H3/p+1/b11-9-,17-15-,20-18-,23-21-,26-24-,30-27-,31-29-,37-35-,43-41-. The average Bonchev–Trinajstić information content (AvgIpc) is 3.30. The third-order valence-electron chi connectivity index (χ3n) is 10.8. The number of nitrogens with zero attached hydrogens (tertiary/aromatic N) is 1. The number of hydrogen-bond acceptors (Lipinski definition) is 7. The number of allylic oxidation sites excluding steroid dienone is 18. The minimum absolute atomic E-state index is 0.0153. The fraction of sp³-hybridized carbons (Fsp3) is 0.655. The van der Waals surface area contributed by atoms with Crippen LogP contribution in [0, 0.1) is 0 Å². The van der Waals surface area contributed by atoms with Crippen LogP contribution < -0.4 is 0 Å². The van der Waals surface area contributed by atoms with Gasteiger partial charge in [-0.25, -0.2) is 4.57 Å². The number of hydrogen-bond donors (Lipinski definition) is 1. The van der Waals surface area contributed by atoms with Gasteiger partial charge in [0.1, 0.15) is 19.8 Å². The lowest BCUT2D eigenvalue weighted by Crippen LogP contribution is -2.37.